The second-order valence-electron chi connectivity index (χ2n) is 8.88. The first kappa shape index (κ1) is 20.8. The van der Waals surface area contributed by atoms with E-state index in [1.165, 1.54) is 12.3 Å². The maximum atomic E-state index is 15.0. The molecule has 11 heteroatoms. The number of rotatable bonds is 3. The lowest BCUT2D eigenvalue weighted by atomic mass is 10.0. The van der Waals surface area contributed by atoms with Gasteiger partial charge in [0.25, 0.3) is 5.91 Å². The number of aromatic nitrogens is 4. The summed E-state index contributed by atoms with van der Waals surface area (Å²) < 4.78 is 22.5. The Morgan fingerprint density at radius 2 is 2.12 bits per heavy atom. The summed E-state index contributed by atoms with van der Waals surface area (Å²) in [6.07, 6.45) is 3.16. The summed E-state index contributed by atoms with van der Waals surface area (Å²) in [6.45, 7) is 1.03. The fourth-order valence-corrected chi connectivity index (χ4v) is 5.22. The van der Waals surface area contributed by atoms with Crippen LogP contribution in [0.2, 0.25) is 5.02 Å². The second-order valence-corrected chi connectivity index (χ2v) is 9.29. The number of halogens is 2. The third-order valence-electron chi connectivity index (χ3n) is 6.79. The van der Waals surface area contributed by atoms with Crippen LogP contribution in [-0.4, -0.2) is 73.4 Å². The molecule has 5 heterocycles. The number of anilines is 1. The summed E-state index contributed by atoms with van der Waals surface area (Å²) >= 11 is 6.39. The monoisotopic (exact) mass is 472 g/mol. The van der Waals surface area contributed by atoms with E-state index < -0.39 is 11.9 Å². The van der Waals surface area contributed by atoms with Gasteiger partial charge in [-0.25, -0.2) is 19.3 Å². The number of hydrogen-bond donors (Lipinski definition) is 2. The maximum absolute atomic E-state index is 15.0. The van der Waals surface area contributed by atoms with E-state index in [-0.39, 0.29) is 40.5 Å². The highest BCUT2D eigenvalue weighted by molar-refractivity contribution is 6.33. The number of carbonyl (C=O) groups is 1. The van der Waals surface area contributed by atoms with Crippen molar-refractivity contribution in [1.29, 1.82) is 0 Å². The molecule has 1 amide bonds. The van der Waals surface area contributed by atoms with E-state index in [4.69, 9.17) is 16.3 Å². The molecule has 0 saturated carbocycles. The molecule has 2 aromatic heterocycles. The Kier molecular flexibility index (Phi) is 4.79. The summed E-state index contributed by atoms with van der Waals surface area (Å²) in [5, 5.41) is 14.1. The molecule has 33 heavy (non-hydrogen) atoms. The number of imidazole rings is 1. The Morgan fingerprint density at radius 1 is 1.27 bits per heavy atom. The molecule has 172 valence electrons. The van der Waals surface area contributed by atoms with Crippen LogP contribution < -0.4 is 5.32 Å². The van der Waals surface area contributed by atoms with E-state index in [0.717, 1.165) is 12.8 Å². The Bertz CT molecular complexity index is 1280. The van der Waals surface area contributed by atoms with Crippen LogP contribution in [0.15, 0.2) is 18.3 Å². The average molecular weight is 473 g/mol. The number of carbonyl (C=O) groups excluding carboxylic acids is 1. The molecule has 0 spiro atoms. The van der Waals surface area contributed by atoms with Gasteiger partial charge in [0.15, 0.2) is 11.6 Å². The van der Waals surface area contributed by atoms with Gasteiger partial charge in [-0.15, -0.1) is 0 Å². The van der Waals surface area contributed by atoms with Crippen molar-refractivity contribution in [2.45, 2.75) is 50.2 Å². The average Bonchev–Trinajstić information content (AvgIpc) is 3.38. The van der Waals surface area contributed by atoms with Gasteiger partial charge in [0, 0.05) is 25.7 Å². The standard InChI is InChI=1S/C22H22ClFN6O3/c1-29-4-5-30-15-7-10(6-13(24)18(15)27-20(30)21(29)32)17-12(23)9-25-22(28-17)26-14-8-11-2-3-16(33-11)19(14)31/h6-7,9,11,14,16,19,31H,2-5,8H2,1H3,(H,25,26,28)/t11-,14-,16+,19+/m1/s1. The highest BCUT2D eigenvalue weighted by Crippen LogP contribution is 2.35. The number of fused-ring (bicyclic) bond motifs is 5. The molecule has 3 aliphatic heterocycles. The van der Waals surface area contributed by atoms with Crippen LogP contribution in [0.25, 0.3) is 22.3 Å². The predicted octanol–water partition coefficient (Wildman–Crippen LogP) is 2.46. The number of amides is 1. The summed E-state index contributed by atoms with van der Waals surface area (Å²) in [6, 6.07) is 2.82. The summed E-state index contributed by atoms with van der Waals surface area (Å²) in [5.41, 5.74) is 1.47. The maximum Gasteiger partial charge on any atom is 0.289 e. The van der Waals surface area contributed by atoms with Crippen molar-refractivity contribution in [1.82, 2.24) is 24.4 Å². The van der Waals surface area contributed by atoms with Crippen molar-refractivity contribution in [2.75, 3.05) is 18.9 Å². The predicted molar refractivity (Wildman–Crippen MR) is 119 cm³/mol. The molecule has 2 fully saturated rings. The molecular weight excluding hydrogens is 451 g/mol. The van der Waals surface area contributed by atoms with Crippen LogP contribution in [0.4, 0.5) is 10.3 Å². The molecule has 2 saturated heterocycles. The quantitative estimate of drug-likeness (QED) is 0.603. The molecule has 3 aliphatic rings. The Hall–Kier alpha value is -2.82. The smallest absolute Gasteiger partial charge is 0.289 e. The van der Waals surface area contributed by atoms with Gasteiger partial charge >= 0.3 is 0 Å². The molecule has 0 radical (unpaired) electrons. The SMILES string of the molecule is CN1CCn2c(nc3c(F)cc(-c4nc(N[C@@H]5C[C@H]6CC[C@H](O6)[C@H]5O)ncc4Cl)cc32)C1=O. The highest BCUT2D eigenvalue weighted by Gasteiger charge is 2.42. The number of benzene rings is 1. The highest BCUT2D eigenvalue weighted by atomic mass is 35.5. The van der Waals surface area contributed by atoms with E-state index in [1.54, 1.807) is 22.6 Å². The number of aliphatic hydroxyl groups is 1. The number of aliphatic hydroxyl groups excluding tert-OH is 1. The number of nitrogens with zero attached hydrogens (tertiary/aromatic N) is 5. The zero-order chi connectivity index (χ0) is 22.9. The number of nitrogens with one attached hydrogen (secondary N) is 1. The van der Waals surface area contributed by atoms with Gasteiger partial charge in [0.2, 0.25) is 5.95 Å². The van der Waals surface area contributed by atoms with E-state index in [2.05, 4.69) is 20.3 Å². The first-order valence-corrected chi connectivity index (χ1v) is 11.3. The minimum atomic E-state index is -0.658. The third kappa shape index (κ3) is 3.35. The van der Waals surface area contributed by atoms with Crippen molar-refractivity contribution < 1.29 is 19.0 Å². The number of likely N-dealkylation sites (N-methyl/N-ethyl adjacent to an activating group) is 1. The molecule has 9 nitrogen and oxygen atoms in total. The molecule has 1 aromatic carbocycles. The van der Waals surface area contributed by atoms with Crippen molar-refractivity contribution >= 4 is 34.5 Å². The molecule has 0 unspecified atom stereocenters. The van der Waals surface area contributed by atoms with Crippen molar-refractivity contribution in [2.24, 2.45) is 0 Å². The van der Waals surface area contributed by atoms with Gasteiger partial charge < -0.3 is 24.6 Å². The second kappa shape index (κ2) is 7.61. The van der Waals surface area contributed by atoms with Gasteiger partial charge in [0.1, 0.15) is 11.6 Å². The molecule has 2 N–H and O–H groups in total. The van der Waals surface area contributed by atoms with Crippen molar-refractivity contribution in [3.8, 4) is 11.3 Å². The van der Waals surface area contributed by atoms with Crippen LogP contribution in [0.3, 0.4) is 0 Å². The van der Waals surface area contributed by atoms with Crippen LogP contribution in [-0.2, 0) is 11.3 Å². The summed E-state index contributed by atoms with van der Waals surface area (Å²) in [5.74, 6) is -0.282. The molecule has 6 rings (SSSR count). The lowest BCUT2D eigenvalue weighted by Crippen LogP contribution is -2.47. The summed E-state index contributed by atoms with van der Waals surface area (Å²) in [4.78, 5) is 27.1. The zero-order valence-corrected chi connectivity index (χ0v) is 18.6. The lowest BCUT2D eigenvalue weighted by molar-refractivity contribution is -0.0811. The van der Waals surface area contributed by atoms with Gasteiger partial charge in [0.05, 0.1) is 40.7 Å². The number of ether oxygens (including phenoxy) is 1. The van der Waals surface area contributed by atoms with Gasteiger partial charge in [-0.1, -0.05) is 11.6 Å². The van der Waals surface area contributed by atoms with E-state index in [9.17, 15) is 9.90 Å². The molecule has 4 atom stereocenters. The van der Waals surface area contributed by atoms with Gasteiger partial charge in [-0.2, -0.15) is 0 Å². The Balaban J connectivity index is 1.37. The third-order valence-corrected chi connectivity index (χ3v) is 7.06. The van der Waals surface area contributed by atoms with Crippen molar-refractivity contribution in [3.63, 3.8) is 0 Å². The zero-order valence-electron chi connectivity index (χ0n) is 17.8. The van der Waals surface area contributed by atoms with E-state index in [0.29, 0.717) is 42.2 Å². The first-order valence-electron chi connectivity index (χ1n) is 11.0. The summed E-state index contributed by atoms with van der Waals surface area (Å²) in [7, 11) is 1.70. The minimum absolute atomic E-state index is 0.119. The molecule has 0 aliphatic carbocycles. The van der Waals surface area contributed by atoms with E-state index >= 15 is 4.39 Å². The first-order chi connectivity index (χ1) is 15.9. The van der Waals surface area contributed by atoms with Crippen LogP contribution >= 0.6 is 11.6 Å². The topological polar surface area (TPSA) is 105 Å². The number of hydrogen-bond acceptors (Lipinski definition) is 7. The Labute approximate surface area is 193 Å². The largest absolute Gasteiger partial charge is 0.388 e. The van der Waals surface area contributed by atoms with Crippen LogP contribution in [0, 0.1) is 5.82 Å². The fourth-order valence-electron chi connectivity index (χ4n) is 5.02. The molecule has 3 aromatic rings. The molecule has 2 bridgehead atoms. The van der Waals surface area contributed by atoms with Crippen LogP contribution in [0.1, 0.15) is 29.9 Å². The normalized spacial score (nSPS) is 26.7. The van der Waals surface area contributed by atoms with Gasteiger partial charge in [-0.3, -0.25) is 4.79 Å². The fraction of sp³-hybridized carbons (Fsp3) is 0.455. The minimum Gasteiger partial charge on any atom is -0.388 e. The molecular formula is C22H22ClFN6O3. The lowest BCUT2D eigenvalue weighted by Gasteiger charge is -2.33. The van der Waals surface area contributed by atoms with Crippen LogP contribution in [0.5, 0.6) is 0 Å². The Morgan fingerprint density at radius 3 is 2.97 bits per heavy atom. The van der Waals surface area contributed by atoms with Crippen molar-refractivity contribution in [3.05, 3.63) is 35.0 Å². The van der Waals surface area contributed by atoms with E-state index in [1.807, 2.05) is 0 Å². The van der Waals surface area contributed by atoms with Gasteiger partial charge in [-0.05, 0) is 31.4 Å².